The van der Waals surface area contributed by atoms with E-state index in [9.17, 15) is 0 Å². The first-order chi connectivity index (χ1) is 10.6. The largest absolute Gasteiger partial charge is 0.356 e. The van der Waals surface area contributed by atoms with Crippen molar-refractivity contribution in [3.05, 3.63) is 0 Å². The minimum absolute atomic E-state index is 0. The van der Waals surface area contributed by atoms with Crippen LogP contribution in [0.3, 0.4) is 0 Å². The van der Waals surface area contributed by atoms with Crippen molar-refractivity contribution in [3.8, 4) is 0 Å². The lowest BCUT2D eigenvalue weighted by molar-refractivity contribution is 0.139. The van der Waals surface area contributed by atoms with Crippen LogP contribution in [0.2, 0.25) is 0 Å². The third-order valence-corrected chi connectivity index (χ3v) is 5.07. The molecule has 2 saturated heterocycles. The molecule has 136 valence electrons. The number of rotatable bonds is 4. The monoisotopic (exact) mass is 437 g/mol. The van der Waals surface area contributed by atoms with Gasteiger partial charge in [-0.1, -0.05) is 13.8 Å². The molecule has 2 aliphatic heterocycles. The maximum atomic E-state index is 4.48. The number of guanidine groups is 1. The van der Waals surface area contributed by atoms with Crippen LogP contribution >= 0.6 is 24.0 Å². The summed E-state index contributed by atoms with van der Waals surface area (Å²) in [6, 6.07) is 0. The summed E-state index contributed by atoms with van der Waals surface area (Å²) in [5.41, 5.74) is 0. The van der Waals surface area contributed by atoms with E-state index in [0.29, 0.717) is 5.92 Å². The Morgan fingerprint density at radius 3 is 2.30 bits per heavy atom. The van der Waals surface area contributed by atoms with Crippen LogP contribution in [0, 0.1) is 11.8 Å². The van der Waals surface area contributed by atoms with Gasteiger partial charge in [-0.25, -0.2) is 0 Å². The zero-order valence-corrected chi connectivity index (χ0v) is 17.8. The molecule has 0 spiro atoms. The van der Waals surface area contributed by atoms with Crippen molar-refractivity contribution >= 4 is 29.9 Å². The Balaban J connectivity index is 0.00000264. The molecule has 0 amide bonds. The van der Waals surface area contributed by atoms with Crippen molar-refractivity contribution in [3.63, 3.8) is 0 Å². The fourth-order valence-electron chi connectivity index (χ4n) is 3.35. The molecule has 1 N–H and O–H groups in total. The van der Waals surface area contributed by atoms with E-state index >= 15 is 0 Å². The number of hydrogen-bond acceptors (Lipinski definition) is 3. The molecule has 0 aromatic rings. The first kappa shape index (κ1) is 21.0. The summed E-state index contributed by atoms with van der Waals surface area (Å²) in [5, 5.41) is 3.59. The molecule has 6 heteroatoms. The van der Waals surface area contributed by atoms with Gasteiger partial charge in [0.1, 0.15) is 0 Å². The Labute approximate surface area is 159 Å². The molecule has 1 unspecified atom stereocenters. The summed E-state index contributed by atoms with van der Waals surface area (Å²) in [6.45, 7) is 14.0. The second-order valence-electron chi connectivity index (χ2n) is 7.31. The lowest BCUT2D eigenvalue weighted by Gasteiger charge is -2.35. The van der Waals surface area contributed by atoms with Crippen molar-refractivity contribution < 1.29 is 0 Å². The molecule has 2 fully saturated rings. The maximum absolute atomic E-state index is 4.48. The number of piperidine rings is 1. The van der Waals surface area contributed by atoms with Crippen molar-refractivity contribution in [2.75, 3.05) is 66.5 Å². The lowest BCUT2D eigenvalue weighted by atomic mass is 9.99. The van der Waals surface area contributed by atoms with E-state index in [4.69, 9.17) is 0 Å². The summed E-state index contributed by atoms with van der Waals surface area (Å²) < 4.78 is 0. The van der Waals surface area contributed by atoms with Crippen LogP contribution in [0.5, 0.6) is 0 Å². The number of piperazine rings is 1. The second kappa shape index (κ2) is 10.7. The van der Waals surface area contributed by atoms with Crippen LogP contribution in [0.25, 0.3) is 0 Å². The Bertz CT molecular complexity index is 347. The third kappa shape index (κ3) is 7.13. The van der Waals surface area contributed by atoms with Crippen LogP contribution in [-0.4, -0.2) is 87.1 Å². The number of halogens is 1. The number of nitrogens with zero attached hydrogens (tertiary/aromatic N) is 4. The second-order valence-corrected chi connectivity index (χ2v) is 7.31. The molecular formula is C17H36IN5. The molecule has 0 radical (unpaired) electrons. The van der Waals surface area contributed by atoms with Crippen molar-refractivity contribution in [1.82, 2.24) is 20.0 Å². The van der Waals surface area contributed by atoms with Gasteiger partial charge in [0.25, 0.3) is 0 Å². The fraction of sp³-hybridized carbons (Fsp3) is 0.941. The summed E-state index contributed by atoms with van der Waals surface area (Å²) >= 11 is 0. The molecular weight excluding hydrogens is 401 g/mol. The predicted molar refractivity (Wildman–Crippen MR) is 110 cm³/mol. The van der Waals surface area contributed by atoms with Gasteiger partial charge in [0.15, 0.2) is 5.96 Å². The summed E-state index contributed by atoms with van der Waals surface area (Å²) in [6.07, 6.45) is 2.58. The van der Waals surface area contributed by atoms with E-state index in [1.54, 1.807) is 0 Å². The minimum atomic E-state index is 0. The molecule has 2 heterocycles. The maximum Gasteiger partial charge on any atom is 0.193 e. The zero-order valence-electron chi connectivity index (χ0n) is 15.4. The molecule has 2 rings (SSSR count). The average Bonchev–Trinajstić information content (AvgIpc) is 2.52. The standard InChI is InChI=1S/C17H35N5.HI/c1-15-5-7-22(8-6-15)17(18-3)19-13-16(2)14-21-11-9-20(4)10-12-21;/h15-16H,5-14H2,1-4H3,(H,18,19);1H. The summed E-state index contributed by atoms with van der Waals surface area (Å²) in [5.74, 6) is 2.62. The first-order valence-electron chi connectivity index (χ1n) is 8.95. The number of likely N-dealkylation sites (N-methyl/N-ethyl adjacent to an activating group) is 1. The van der Waals surface area contributed by atoms with E-state index in [1.807, 2.05) is 7.05 Å². The summed E-state index contributed by atoms with van der Waals surface area (Å²) in [7, 11) is 4.12. The lowest BCUT2D eigenvalue weighted by Crippen LogP contribution is -2.49. The summed E-state index contributed by atoms with van der Waals surface area (Å²) in [4.78, 5) is 11.9. The van der Waals surface area contributed by atoms with Crippen LogP contribution in [0.4, 0.5) is 0 Å². The molecule has 0 aromatic heterocycles. The van der Waals surface area contributed by atoms with Crippen LogP contribution in [-0.2, 0) is 0 Å². The molecule has 5 nitrogen and oxygen atoms in total. The molecule has 0 aromatic carbocycles. The number of nitrogens with one attached hydrogen (secondary N) is 1. The Kier molecular flexibility index (Phi) is 9.77. The third-order valence-electron chi connectivity index (χ3n) is 5.07. The van der Waals surface area contributed by atoms with Gasteiger partial charge >= 0.3 is 0 Å². The highest BCUT2D eigenvalue weighted by molar-refractivity contribution is 14.0. The normalized spacial score (nSPS) is 23.5. The van der Waals surface area contributed by atoms with Gasteiger partial charge in [0, 0.05) is 59.4 Å². The van der Waals surface area contributed by atoms with Crippen LogP contribution in [0.15, 0.2) is 4.99 Å². The molecule has 0 bridgehead atoms. The highest BCUT2D eigenvalue weighted by Gasteiger charge is 2.20. The van der Waals surface area contributed by atoms with Gasteiger partial charge in [-0.2, -0.15) is 0 Å². The van der Waals surface area contributed by atoms with Crippen LogP contribution < -0.4 is 5.32 Å². The topological polar surface area (TPSA) is 34.1 Å². The van der Waals surface area contributed by atoms with Gasteiger partial charge in [0.05, 0.1) is 0 Å². The Morgan fingerprint density at radius 1 is 1.13 bits per heavy atom. The molecule has 0 aliphatic carbocycles. The van der Waals surface area contributed by atoms with Crippen molar-refractivity contribution in [2.45, 2.75) is 26.7 Å². The van der Waals surface area contributed by atoms with E-state index in [2.05, 4.69) is 45.9 Å². The Hall–Kier alpha value is -0.0800. The van der Waals surface area contributed by atoms with E-state index in [0.717, 1.165) is 31.5 Å². The highest BCUT2D eigenvalue weighted by atomic mass is 127. The number of likely N-dealkylation sites (tertiary alicyclic amines) is 1. The van der Waals surface area contributed by atoms with Gasteiger partial charge in [-0.05, 0) is 31.7 Å². The molecule has 23 heavy (non-hydrogen) atoms. The fourth-order valence-corrected chi connectivity index (χ4v) is 3.35. The van der Waals surface area contributed by atoms with Gasteiger partial charge in [0.2, 0.25) is 0 Å². The zero-order chi connectivity index (χ0) is 15.9. The predicted octanol–water partition coefficient (Wildman–Crippen LogP) is 1.80. The van der Waals surface area contributed by atoms with E-state index in [-0.39, 0.29) is 24.0 Å². The van der Waals surface area contributed by atoms with Crippen molar-refractivity contribution in [2.24, 2.45) is 16.8 Å². The molecule has 0 saturated carbocycles. The molecule has 1 atom stereocenters. The van der Waals surface area contributed by atoms with Crippen molar-refractivity contribution in [1.29, 1.82) is 0 Å². The first-order valence-corrected chi connectivity index (χ1v) is 8.95. The minimum Gasteiger partial charge on any atom is -0.356 e. The van der Waals surface area contributed by atoms with E-state index in [1.165, 1.54) is 45.6 Å². The Morgan fingerprint density at radius 2 is 1.74 bits per heavy atom. The van der Waals surface area contributed by atoms with E-state index < -0.39 is 0 Å². The number of hydrogen-bond donors (Lipinski definition) is 1. The number of aliphatic imine (C=N–C) groups is 1. The smallest absolute Gasteiger partial charge is 0.193 e. The van der Waals surface area contributed by atoms with Gasteiger partial charge in [-0.15, -0.1) is 24.0 Å². The van der Waals surface area contributed by atoms with Gasteiger partial charge < -0.3 is 20.0 Å². The van der Waals surface area contributed by atoms with Gasteiger partial charge in [-0.3, -0.25) is 4.99 Å². The SMILES string of the molecule is CN=C(NCC(C)CN1CCN(C)CC1)N1CCC(C)CC1.I. The van der Waals surface area contributed by atoms with Crippen LogP contribution in [0.1, 0.15) is 26.7 Å². The highest BCUT2D eigenvalue weighted by Crippen LogP contribution is 2.15. The molecule has 2 aliphatic rings. The average molecular weight is 437 g/mol. The quantitative estimate of drug-likeness (QED) is 0.413.